The second-order valence-corrected chi connectivity index (χ2v) is 20.9. The number of rotatable bonds is 11. The summed E-state index contributed by atoms with van der Waals surface area (Å²) in [5, 5.41) is 12.5. The third kappa shape index (κ3) is 10.0. The van der Waals surface area contributed by atoms with Gasteiger partial charge in [-0.1, -0.05) is 212 Å². The molecule has 0 atom stereocenters. The number of hydrogen-bond donors (Lipinski definition) is 1. The van der Waals surface area contributed by atoms with Crippen LogP contribution in [0.5, 0.6) is 5.75 Å². The topological polar surface area (TPSA) is 50.9 Å². The van der Waals surface area contributed by atoms with E-state index in [1.165, 1.54) is 0 Å². The quantitative estimate of drug-likeness (QED) is 0.131. The Balaban J connectivity index is 0.00000722. The zero-order valence-corrected chi connectivity index (χ0v) is 45.4. The minimum Gasteiger partial charge on any atom is -0.507 e. The van der Waals surface area contributed by atoms with Gasteiger partial charge in [0, 0.05) is 38.4 Å². The first-order chi connectivity index (χ1) is 36.2. The molecule has 10 aromatic rings. The maximum Gasteiger partial charge on any atom is 0.148 e. The summed E-state index contributed by atoms with van der Waals surface area (Å²) in [7, 11) is 0. The maximum absolute atomic E-state index is 12.5. The summed E-state index contributed by atoms with van der Waals surface area (Å²) in [6.07, 6.45) is 1.82. The summed E-state index contributed by atoms with van der Waals surface area (Å²) >= 11 is 0. The first-order valence-corrected chi connectivity index (χ1v) is 25.1. The standard InChI is InChI=1S/C68H64N3O.Pt/c1-42(2)46-27-29-48(30-28-46)50-33-34-69-61(41-50)55-37-53(47-19-13-11-14-20-47)36-54(38-55)57-24-18-26-63-65(57)70-67(59-40-52(43(3)4)39-58(44(5)6)66(59)72)71(63)62-32-31-51(35-45(62)7)64-56(49-21-15-12-16-22-49)23-17-25-60(64)68(8,9)10;/h11-37,39-44,72H,1-10H3;/q-1;/i7D3,42D;. The average molecular weight is 1140 g/mol. The number of pyridine rings is 1. The van der Waals surface area contributed by atoms with Gasteiger partial charge in [-0.15, -0.1) is 23.8 Å². The van der Waals surface area contributed by atoms with E-state index in [2.05, 4.69) is 133 Å². The molecular weight excluding hydrogens is 1070 g/mol. The molecule has 2 aromatic heterocycles. The molecule has 0 radical (unpaired) electrons. The summed E-state index contributed by atoms with van der Waals surface area (Å²) < 4.78 is 38.4. The second-order valence-electron chi connectivity index (χ2n) is 20.9. The third-order valence-electron chi connectivity index (χ3n) is 14.0. The van der Waals surface area contributed by atoms with Gasteiger partial charge in [-0.2, -0.15) is 0 Å². The molecule has 8 aromatic carbocycles. The molecule has 73 heavy (non-hydrogen) atoms. The van der Waals surface area contributed by atoms with Crippen LogP contribution in [0.4, 0.5) is 0 Å². The molecule has 0 spiro atoms. The van der Waals surface area contributed by atoms with Crippen molar-refractivity contribution in [3.8, 4) is 89.7 Å². The monoisotopic (exact) mass is 1140 g/mol. The Morgan fingerprint density at radius 1 is 0.575 bits per heavy atom. The fourth-order valence-electron chi connectivity index (χ4n) is 10.0. The number of benzene rings is 8. The largest absolute Gasteiger partial charge is 0.507 e. The Morgan fingerprint density at radius 3 is 1.90 bits per heavy atom. The van der Waals surface area contributed by atoms with Crippen molar-refractivity contribution in [3.63, 3.8) is 0 Å². The van der Waals surface area contributed by atoms with E-state index in [9.17, 15) is 9.22 Å². The normalized spacial score (nSPS) is 12.9. The van der Waals surface area contributed by atoms with Gasteiger partial charge in [-0.3, -0.25) is 9.55 Å². The molecule has 0 saturated carbocycles. The molecular formula is C68H64N3OPt-. The van der Waals surface area contributed by atoms with Crippen LogP contribution < -0.4 is 0 Å². The number of hydrogen-bond acceptors (Lipinski definition) is 3. The first kappa shape index (κ1) is 45.7. The van der Waals surface area contributed by atoms with Crippen LogP contribution in [0.1, 0.15) is 113 Å². The Bertz CT molecular complexity index is 3770. The number of nitrogens with zero attached hydrogens (tertiary/aromatic N) is 3. The van der Waals surface area contributed by atoms with Gasteiger partial charge in [0.25, 0.3) is 0 Å². The van der Waals surface area contributed by atoms with Gasteiger partial charge < -0.3 is 5.11 Å². The van der Waals surface area contributed by atoms with Crippen LogP contribution in [0, 0.1) is 12.9 Å². The van der Waals surface area contributed by atoms with E-state index < -0.39 is 12.7 Å². The third-order valence-corrected chi connectivity index (χ3v) is 14.0. The van der Waals surface area contributed by atoms with Crippen LogP contribution in [0.2, 0.25) is 0 Å². The van der Waals surface area contributed by atoms with Crippen LogP contribution in [0.15, 0.2) is 182 Å². The molecule has 368 valence electrons. The van der Waals surface area contributed by atoms with Crippen LogP contribution in [-0.2, 0) is 26.5 Å². The van der Waals surface area contributed by atoms with E-state index in [-0.39, 0.29) is 49.6 Å². The smallest absolute Gasteiger partial charge is 0.148 e. The summed E-state index contributed by atoms with van der Waals surface area (Å²) in [5.74, 6) is -0.0642. The van der Waals surface area contributed by atoms with E-state index in [1.807, 2.05) is 122 Å². The molecule has 0 amide bonds. The van der Waals surface area contributed by atoms with Gasteiger partial charge in [-0.05, 0) is 127 Å². The summed E-state index contributed by atoms with van der Waals surface area (Å²) in [6.45, 7) is 16.2. The van der Waals surface area contributed by atoms with Crippen LogP contribution in [-0.4, -0.2) is 19.6 Å². The molecule has 0 bridgehead atoms. The number of aromatic nitrogens is 3. The predicted octanol–water partition coefficient (Wildman–Crippen LogP) is 18.6. The van der Waals surface area contributed by atoms with Crippen molar-refractivity contribution in [3.05, 3.63) is 216 Å². The number of imidazole rings is 1. The molecule has 10 rings (SSSR count). The van der Waals surface area contributed by atoms with Crippen molar-refractivity contribution in [2.45, 2.75) is 92.3 Å². The van der Waals surface area contributed by atoms with Crippen molar-refractivity contribution >= 4 is 11.0 Å². The Kier molecular flexibility index (Phi) is 13.0. The van der Waals surface area contributed by atoms with Gasteiger partial charge in [0.15, 0.2) is 0 Å². The summed E-state index contributed by atoms with van der Waals surface area (Å²) in [6, 6.07) is 63.0. The number of phenols is 1. The van der Waals surface area contributed by atoms with Gasteiger partial charge in [-0.25, -0.2) is 4.98 Å². The van der Waals surface area contributed by atoms with Crippen molar-refractivity contribution in [2.75, 3.05) is 0 Å². The predicted molar refractivity (Wildman–Crippen MR) is 303 cm³/mol. The molecule has 0 aliphatic carbocycles. The van der Waals surface area contributed by atoms with Gasteiger partial charge in [0.05, 0.1) is 22.3 Å². The van der Waals surface area contributed by atoms with Crippen molar-refractivity contribution in [1.82, 2.24) is 14.5 Å². The second kappa shape index (κ2) is 20.8. The van der Waals surface area contributed by atoms with E-state index in [0.717, 1.165) is 89.1 Å². The average Bonchev–Trinajstić information content (AvgIpc) is 3.79. The molecule has 0 aliphatic rings. The van der Waals surface area contributed by atoms with Crippen molar-refractivity contribution in [1.29, 1.82) is 0 Å². The fourth-order valence-corrected chi connectivity index (χ4v) is 10.0. The molecule has 2 heterocycles. The summed E-state index contributed by atoms with van der Waals surface area (Å²) in [5.41, 5.74) is 16.9. The Labute approximate surface area is 452 Å². The number of aromatic hydroxyl groups is 1. The van der Waals surface area contributed by atoms with Crippen molar-refractivity contribution in [2.24, 2.45) is 0 Å². The molecule has 4 nitrogen and oxygen atoms in total. The Hall–Kier alpha value is -7.13. The molecule has 0 fully saturated rings. The van der Waals surface area contributed by atoms with Crippen LogP contribution >= 0.6 is 0 Å². The zero-order chi connectivity index (χ0) is 53.8. The molecule has 0 aliphatic heterocycles. The van der Waals surface area contributed by atoms with E-state index in [0.29, 0.717) is 28.1 Å². The SMILES string of the molecule is [2H]C([2H])([2H])c1cc(-c2c(-c3ccccc3)cccc2C(C)(C)C)ccc1-n1c(-c2cc(C(C)C)cc(C(C)C)c2O)nc2c(-c3[c-]c(-c4cc(-c5ccc(C([2H])(C)C)cc5)ccn4)cc(-c4ccccc4)c3)cccc21.[Pt]. The summed E-state index contributed by atoms with van der Waals surface area (Å²) in [4.78, 5) is 10.5. The molecule has 5 heteroatoms. The first-order valence-electron chi connectivity index (χ1n) is 27.1. The Morgan fingerprint density at radius 2 is 1.23 bits per heavy atom. The minimum atomic E-state index is -2.57. The number of para-hydroxylation sites is 1. The van der Waals surface area contributed by atoms with Crippen LogP contribution in [0.3, 0.4) is 0 Å². The van der Waals surface area contributed by atoms with E-state index in [1.54, 1.807) is 0 Å². The molecule has 1 N–H and O–H groups in total. The number of aryl methyl sites for hydroxylation is 1. The molecule has 0 saturated heterocycles. The maximum atomic E-state index is 12.5. The van der Waals surface area contributed by atoms with E-state index in [4.69, 9.17) is 11.3 Å². The van der Waals surface area contributed by atoms with Gasteiger partial charge >= 0.3 is 0 Å². The number of fused-ring (bicyclic) bond motifs is 1. The van der Waals surface area contributed by atoms with Crippen LogP contribution in [0.25, 0.3) is 95.0 Å². The van der Waals surface area contributed by atoms with Gasteiger partial charge in [0.1, 0.15) is 11.6 Å². The number of phenolic OH excluding ortho intramolecular Hbond substituents is 1. The molecule has 0 unspecified atom stereocenters. The van der Waals surface area contributed by atoms with Crippen molar-refractivity contribution < 1.29 is 31.7 Å². The minimum absolute atomic E-state index is 0. The fraction of sp³-hybridized carbons (Fsp3) is 0.206. The van der Waals surface area contributed by atoms with Gasteiger partial charge in [0.2, 0.25) is 0 Å². The zero-order valence-electron chi connectivity index (χ0n) is 47.1. The van der Waals surface area contributed by atoms with E-state index >= 15 is 0 Å².